The number of fused-ring (bicyclic) bond motifs is 3. The lowest BCUT2D eigenvalue weighted by Gasteiger charge is -2.32. The Bertz CT molecular complexity index is 754. The Morgan fingerprint density at radius 2 is 1.62 bits per heavy atom. The van der Waals surface area contributed by atoms with Gasteiger partial charge in [0.15, 0.2) is 5.78 Å². The average Bonchev–Trinajstić information content (AvgIpc) is 2.85. The second-order valence-corrected chi connectivity index (χ2v) is 7.04. The van der Waals surface area contributed by atoms with Crippen molar-refractivity contribution in [2.75, 3.05) is 0 Å². The molecule has 0 radical (unpaired) electrons. The lowest BCUT2D eigenvalue weighted by atomic mass is 9.71. The average molecular weight is 321 g/mol. The molecule has 2 aromatic carbocycles. The van der Waals surface area contributed by atoms with Gasteiger partial charge in [-0.05, 0) is 48.1 Å². The van der Waals surface area contributed by atoms with E-state index in [1.165, 1.54) is 22.3 Å². The molecule has 1 atom stereocenters. The van der Waals surface area contributed by atoms with Crippen molar-refractivity contribution in [1.29, 1.82) is 0 Å². The summed E-state index contributed by atoms with van der Waals surface area (Å²) in [5, 5.41) is 0. The van der Waals surface area contributed by atoms with Gasteiger partial charge in [0.2, 0.25) is 0 Å². The molecular formula is C22H27NO. The minimum Gasteiger partial charge on any atom is -0.321 e. The molecule has 24 heavy (non-hydrogen) atoms. The summed E-state index contributed by atoms with van der Waals surface area (Å²) < 4.78 is 0. The first-order chi connectivity index (χ1) is 11.5. The molecule has 1 unspecified atom stereocenters. The van der Waals surface area contributed by atoms with Crippen LogP contribution < -0.4 is 5.73 Å². The number of hydrogen-bond acceptors (Lipinski definition) is 2. The van der Waals surface area contributed by atoms with Crippen LogP contribution in [0.2, 0.25) is 0 Å². The Morgan fingerprint density at radius 3 is 2.25 bits per heavy atom. The fourth-order valence-electron chi connectivity index (χ4n) is 4.39. The number of Topliss-reactive ketones (excluding diaryl/α,β-unsaturated/α-hetero) is 1. The lowest BCUT2D eigenvalue weighted by Crippen LogP contribution is -2.28. The van der Waals surface area contributed by atoms with E-state index in [0.717, 1.165) is 31.2 Å². The Labute approximate surface area is 145 Å². The molecule has 0 heterocycles. The maximum atomic E-state index is 12.4. The van der Waals surface area contributed by atoms with E-state index < -0.39 is 6.04 Å². The van der Waals surface area contributed by atoms with Gasteiger partial charge in [0, 0.05) is 11.0 Å². The third kappa shape index (κ3) is 2.50. The van der Waals surface area contributed by atoms with Crippen molar-refractivity contribution < 1.29 is 4.79 Å². The molecule has 0 aromatic heterocycles. The van der Waals surface area contributed by atoms with Gasteiger partial charge in [0.25, 0.3) is 0 Å². The zero-order valence-electron chi connectivity index (χ0n) is 14.9. The van der Waals surface area contributed by atoms with Gasteiger partial charge in [-0.15, -0.1) is 0 Å². The van der Waals surface area contributed by atoms with Gasteiger partial charge in [0.1, 0.15) is 0 Å². The molecule has 2 heteroatoms. The molecule has 0 bridgehead atoms. The first-order valence-electron chi connectivity index (χ1n) is 9.09. The molecular weight excluding hydrogens is 294 g/mol. The van der Waals surface area contributed by atoms with E-state index >= 15 is 0 Å². The minimum atomic E-state index is -0.460. The predicted molar refractivity (Wildman–Crippen MR) is 100 cm³/mol. The number of ketones is 1. The summed E-state index contributed by atoms with van der Waals surface area (Å²) in [5.41, 5.74) is 12.0. The summed E-state index contributed by atoms with van der Waals surface area (Å²) in [6, 6.07) is 14.5. The van der Waals surface area contributed by atoms with Gasteiger partial charge < -0.3 is 5.73 Å². The van der Waals surface area contributed by atoms with Crippen LogP contribution in [0.3, 0.4) is 0 Å². The molecule has 0 saturated carbocycles. The van der Waals surface area contributed by atoms with Crippen LogP contribution in [-0.2, 0) is 5.41 Å². The molecule has 0 spiro atoms. The van der Waals surface area contributed by atoms with Crippen LogP contribution in [0.25, 0.3) is 11.1 Å². The molecule has 0 aliphatic heterocycles. The van der Waals surface area contributed by atoms with E-state index in [1.807, 2.05) is 6.07 Å². The van der Waals surface area contributed by atoms with Crippen molar-refractivity contribution in [1.82, 2.24) is 0 Å². The second-order valence-electron chi connectivity index (χ2n) is 7.04. The van der Waals surface area contributed by atoms with Crippen LogP contribution in [0.1, 0.15) is 67.9 Å². The lowest BCUT2D eigenvalue weighted by molar-refractivity contribution is 0.0968. The first kappa shape index (κ1) is 16.9. The number of nitrogens with two attached hydrogens (primary N) is 1. The minimum absolute atomic E-state index is 0.0238. The third-order valence-corrected chi connectivity index (χ3v) is 5.32. The Morgan fingerprint density at radius 1 is 1.00 bits per heavy atom. The van der Waals surface area contributed by atoms with Crippen molar-refractivity contribution in [2.24, 2.45) is 5.73 Å². The highest BCUT2D eigenvalue weighted by Crippen LogP contribution is 2.53. The summed E-state index contributed by atoms with van der Waals surface area (Å²) in [6.45, 7) is 6.25. The summed E-state index contributed by atoms with van der Waals surface area (Å²) in [4.78, 5) is 12.4. The number of hydrogen-bond donors (Lipinski definition) is 1. The monoisotopic (exact) mass is 321 g/mol. The maximum absolute atomic E-state index is 12.4. The molecule has 1 aliphatic rings. The smallest absolute Gasteiger partial charge is 0.179 e. The summed E-state index contributed by atoms with van der Waals surface area (Å²) >= 11 is 0. The number of carbonyl (C=O) groups excluding carboxylic acids is 1. The largest absolute Gasteiger partial charge is 0.321 e. The van der Waals surface area contributed by atoms with Crippen LogP contribution in [-0.4, -0.2) is 11.8 Å². The molecule has 3 rings (SSSR count). The molecule has 2 nitrogen and oxygen atoms in total. The van der Waals surface area contributed by atoms with E-state index in [1.54, 1.807) is 6.92 Å². The standard InChI is InChI=1S/C22H27NO/c1-4-12-22(13-5-2)19-9-7-6-8-17(19)18-11-10-16(14-20(18)22)21(24)15(3)23/h6-11,14-15H,4-5,12-13,23H2,1-3H3. The summed E-state index contributed by atoms with van der Waals surface area (Å²) in [7, 11) is 0. The Kier molecular flexibility index (Phi) is 4.60. The topological polar surface area (TPSA) is 43.1 Å². The van der Waals surface area contributed by atoms with E-state index in [-0.39, 0.29) is 11.2 Å². The number of rotatable bonds is 6. The second kappa shape index (κ2) is 6.52. The quantitative estimate of drug-likeness (QED) is 0.754. The predicted octanol–water partition coefficient (Wildman–Crippen LogP) is 5.08. The van der Waals surface area contributed by atoms with Crippen molar-refractivity contribution in [2.45, 2.75) is 57.9 Å². The van der Waals surface area contributed by atoms with Crippen molar-refractivity contribution in [3.05, 3.63) is 59.2 Å². The third-order valence-electron chi connectivity index (χ3n) is 5.32. The van der Waals surface area contributed by atoms with Gasteiger partial charge in [0.05, 0.1) is 6.04 Å². The van der Waals surface area contributed by atoms with Crippen molar-refractivity contribution in [3.8, 4) is 11.1 Å². The summed E-state index contributed by atoms with van der Waals surface area (Å²) in [5.74, 6) is 0.0238. The van der Waals surface area contributed by atoms with E-state index in [2.05, 4.69) is 50.2 Å². The zero-order valence-corrected chi connectivity index (χ0v) is 14.9. The zero-order chi connectivity index (χ0) is 17.3. The van der Waals surface area contributed by atoms with Crippen LogP contribution >= 0.6 is 0 Å². The van der Waals surface area contributed by atoms with Gasteiger partial charge in [-0.2, -0.15) is 0 Å². The van der Waals surface area contributed by atoms with Crippen LogP contribution in [0.4, 0.5) is 0 Å². The highest BCUT2D eigenvalue weighted by Gasteiger charge is 2.41. The van der Waals surface area contributed by atoms with Gasteiger partial charge >= 0.3 is 0 Å². The molecule has 126 valence electrons. The van der Waals surface area contributed by atoms with Gasteiger partial charge in [-0.3, -0.25) is 4.79 Å². The van der Waals surface area contributed by atoms with Crippen LogP contribution in [0.5, 0.6) is 0 Å². The Hall–Kier alpha value is -1.93. The molecule has 2 N–H and O–H groups in total. The fourth-order valence-corrected chi connectivity index (χ4v) is 4.39. The normalized spacial score (nSPS) is 15.7. The fraction of sp³-hybridized carbons (Fsp3) is 0.409. The molecule has 0 saturated heterocycles. The van der Waals surface area contributed by atoms with Crippen molar-refractivity contribution >= 4 is 5.78 Å². The Balaban J connectivity index is 2.24. The van der Waals surface area contributed by atoms with Crippen LogP contribution in [0, 0.1) is 0 Å². The maximum Gasteiger partial charge on any atom is 0.179 e. The first-order valence-corrected chi connectivity index (χ1v) is 9.09. The highest BCUT2D eigenvalue weighted by atomic mass is 16.1. The molecule has 0 amide bonds. The highest BCUT2D eigenvalue weighted by molar-refractivity contribution is 6.01. The summed E-state index contributed by atoms with van der Waals surface area (Å²) in [6.07, 6.45) is 4.47. The number of benzene rings is 2. The van der Waals surface area contributed by atoms with E-state index in [0.29, 0.717) is 0 Å². The SMILES string of the molecule is CCCC1(CCC)c2ccccc2-c2ccc(C(=O)C(C)N)cc21. The van der Waals surface area contributed by atoms with Gasteiger partial charge in [-0.25, -0.2) is 0 Å². The van der Waals surface area contributed by atoms with Crippen LogP contribution in [0.15, 0.2) is 42.5 Å². The van der Waals surface area contributed by atoms with Crippen molar-refractivity contribution in [3.63, 3.8) is 0 Å². The van der Waals surface area contributed by atoms with E-state index in [4.69, 9.17) is 5.73 Å². The molecule has 1 aliphatic carbocycles. The molecule has 0 fully saturated rings. The number of carbonyl (C=O) groups is 1. The van der Waals surface area contributed by atoms with E-state index in [9.17, 15) is 4.79 Å². The van der Waals surface area contributed by atoms with Gasteiger partial charge in [-0.1, -0.05) is 63.1 Å². The molecule has 2 aromatic rings.